The van der Waals surface area contributed by atoms with Gasteiger partial charge in [-0.1, -0.05) is 12.6 Å². The van der Waals surface area contributed by atoms with Crippen LogP contribution >= 0.6 is 0 Å². The number of aliphatic hydroxyl groups excluding tert-OH is 3. The van der Waals surface area contributed by atoms with Gasteiger partial charge >= 0.3 is 5.69 Å². The van der Waals surface area contributed by atoms with Gasteiger partial charge in [-0.05, 0) is 12.1 Å². The first-order valence-electron chi connectivity index (χ1n) is 9.53. The lowest BCUT2D eigenvalue weighted by Crippen LogP contribution is -2.36. The number of anilines is 2. The molecule has 12 heteroatoms. The van der Waals surface area contributed by atoms with Gasteiger partial charge in [0.25, 0.3) is 0 Å². The number of nitrogens with one attached hydrogen (secondary N) is 2. The Bertz CT molecular complexity index is 1040. The van der Waals surface area contributed by atoms with Crippen molar-refractivity contribution in [3.63, 3.8) is 0 Å². The van der Waals surface area contributed by atoms with Crippen LogP contribution in [0.15, 0.2) is 41.6 Å². The van der Waals surface area contributed by atoms with Crippen LogP contribution in [0.2, 0.25) is 0 Å². The van der Waals surface area contributed by atoms with E-state index in [1.807, 2.05) is 0 Å². The molecule has 2 aliphatic heterocycles. The zero-order valence-electron chi connectivity index (χ0n) is 16.4. The largest absolute Gasteiger partial charge is 0.489 e. The van der Waals surface area contributed by atoms with E-state index >= 15 is 0 Å². The molecule has 1 aromatic heterocycles. The van der Waals surface area contributed by atoms with E-state index in [-0.39, 0.29) is 11.6 Å². The number of hydrogen-bond donors (Lipinski definition) is 6. The molecule has 1 aromatic carbocycles. The predicted octanol–water partition coefficient (Wildman–Crippen LogP) is -0.898. The lowest BCUT2D eigenvalue weighted by molar-refractivity contribution is -0.0551. The molecule has 12 nitrogen and oxygen atoms in total. The summed E-state index contributed by atoms with van der Waals surface area (Å²) >= 11 is 0. The van der Waals surface area contributed by atoms with Crippen molar-refractivity contribution in [2.45, 2.75) is 24.5 Å². The molecule has 1 fully saturated rings. The second-order valence-electron chi connectivity index (χ2n) is 7.03. The molecule has 0 amide bonds. The molecule has 0 bridgehead atoms. The number of rotatable bonds is 7. The minimum atomic E-state index is -1.42. The lowest BCUT2D eigenvalue weighted by Gasteiger charge is -2.25. The molecular formula is C19H23N5O7. The molecule has 0 radical (unpaired) electrons. The molecule has 0 unspecified atom stereocenters. The number of aromatic nitrogens is 2. The van der Waals surface area contributed by atoms with E-state index in [0.717, 1.165) is 4.57 Å². The summed E-state index contributed by atoms with van der Waals surface area (Å²) in [4.78, 5) is 16.5. The standard InChI is InChI=1S/C19H23N5O7/c1-9(20)21-5-6-29-10-3-2-4-11-14(10)22-17-12(30-11)7-24(19(28)23-17)18-16(27)15(26)13(8-25)31-18/h2-4,7,13,15-16,18,21,25-27H,1,5-6,8,20H2,(H,22,23,28)/t13-,15-,16-,18-/m1/s1. The van der Waals surface area contributed by atoms with E-state index in [1.165, 1.54) is 6.20 Å². The lowest BCUT2D eigenvalue weighted by atomic mass is 10.1. The van der Waals surface area contributed by atoms with Gasteiger partial charge in [0.05, 0.1) is 25.2 Å². The van der Waals surface area contributed by atoms with Crippen LogP contribution in [0, 0.1) is 0 Å². The van der Waals surface area contributed by atoms with Gasteiger partial charge in [-0.3, -0.25) is 4.57 Å². The van der Waals surface area contributed by atoms with Crippen molar-refractivity contribution in [1.29, 1.82) is 0 Å². The Morgan fingerprint density at radius 2 is 2.16 bits per heavy atom. The van der Waals surface area contributed by atoms with Gasteiger partial charge in [-0.25, -0.2) is 4.79 Å². The fourth-order valence-electron chi connectivity index (χ4n) is 3.36. The number of benzene rings is 1. The smallest absolute Gasteiger partial charge is 0.351 e. The molecule has 2 aromatic rings. The third kappa shape index (κ3) is 4.01. The maximum absolute atomic E-state index is 12.6. The van der Waals surface area contributed by atoms with Crippen LogP contribution in [0.25, 0.3) is 0 Å². The van der Waals surface area contributed by atoms with Gasteiger partial charge in [-0.15, -0.1) is 0 Å². The van der Waals surface area contributed by atoms with Gasteiger partial charge < -0.3 is 45.9 Å². The number of para-hydroxylation sites is 1. The van der Waals surface area contributed by atoms with Crippen molar-refractivity contribution in [3.05, 3.63) is 47.3 Å². The molecule has 3 heterocycles. The topological polar surface area (TPSA) is 173 Å². The Balaban J connectivity index is 1.57. The van der Waals surface area contributed by atoms with Gasteiger partial charge in [0.15, 0.2) is 23.5 Å². The molecule has 7 N–H and O–H groups in total. The van der Waals surface area contributed by atoms with Crippen LogP contribution in [0.4, 0.5) is 11.5 Å². The number of fused-ring (bicyclic) bond motifs is 2. The summed E-state index contributed by atoms with van der Waals surface area (Å²) in [7, 11) is 0. The minimum absolute atomic E-state index is 0.157. The molecule has 4 atom stereocenters. The highest BCUT2D eigenvalue weighted by molar-refractivity contribution is 5.77. The third-order valence-electron chi connectivity index (χ3n) is 4.87. The van der Waals surface area contributed by atoms with Crippen molar-refractivity contribution < 1.29 is 29.5 Å². The van der Waals surface area contributed by atoms with Crippen LogP contribution in [-0.4, -0.2) is 62.9 Å². The quantitative estimate of drug-likeness (QED) is 0.255. The molecule has 1 saturated heterocycles. The van der Waals surface area contributed by atoms with Crippen molar-refractivity contribution in [2.75, 3.05) is 25.1 Å². The summed E-state index contributed by atoms with van der Waals surface area (Å²) in [5.74, 6) is 1.63. The first-order chi connectivity index (χ1) is 14.9. The highest BCUT2D eigenvalue weighted by Gasteiger charge is 2.44. The predicted molar refractivity (Wildman–Crippen MR) is 108 cm³/mol. The van der Waals surface area contributed by atoms with E-state index in [2.05, 4.69) is 22.2 Å². The fraction of sp³-hybridized carbons (Fsp3) is 0.368. The maximum atomic E-state index is 12.6. The van der Waals surface area contributed by atoms with E-state index in [1.54, 1.807) is 18.2 Å². The molecule has 2 aliphatic rings. The van der Waals surface area contributed by atoms with Gasteiger partial charge in [-0.2, -0.15) is 4.98 Å². The van der Waals surface area contributed by atoms with Crippen LogP contribution in [0.3, 0.4) is 0 Å². The average molecular weight is 433 g/mol. The van der Waals surface area contributed by atoms with Crippen molar-refractivity contribution in [3.8, 4) is 17.2 Å². The summed E-state index contributed by atoms with van der Waals surface area (Å²) in [6.07, 6.45) is -3.68. The number of aliphatic hydroxyl groups is 3. The second-order valence-corrected chi connectivity index (χ2v) is 7.03. The second kappa shape index (κ2) is 8.43. The van der Waals surface area contributed by atoms with Gasteiger partial charge in [0, 0.05) is 0 Å². The summed E-state index contributed by atoms with van der Waals surface area (Å²) in [6, 6.07) is 5.18. The first kappa shape index (κ1) is 20.9. The summed E-state index contributed by atoms with van der Waals surface area (Å²) in [6.45, 7) is 3.79. The molecule has 4 rings (SSSR count). The third-order valence-corrected chi connectivity index (χ3v) is 4.87. The minimum Gasteiger partial charge on any atom is -0.489 e. The molecule has 0 saturated carbocycles. The molecule has 0 spiro atoms. The zero-order chi connectivity index (χ0) is 22.1. The monoisotopic (exact) mass is 433 g/mol. The fourth-order valence-corrected chi connectivity index (χ4v) is 3.36. The SMILES string of the molecule is C=C(N)NCCOc1cccc2c1Nc1nc(=O)n([C@@H]3O[C@H](CO)[C@@H](O)[C@H]3O)cc1O2. The van der Waals surface area contributed by atoms with Crippen LogP contribution in [0.5, 0.6) is 17.2 Å². The van der Waals surface area contributed by atoms with Crippen molar-refractivity contribution in [2.24, 2.45) is 5.73 Å². The Hall–Kier alpha value is -3.32. The Morgan fingerprint density at radius 3 is 2.87 bits per heavy atom. The molecule has 166 valence electrons. The Morgan fingerprint density at radius 1 is 1.35 bits per heavy atom. The van der Waals surface area contributed by atoms with Gasteiger partial charge in [0.1, 0.15) is 36.4 Å². The molecule has 0 aliphatic carbocycles. The Kier molecular flexibility index (Phi) is 5.69. The normalized spacial score (nSPS) is 23.8. The number of nitrogens with zero attached hydrogens (tertiary/aromatic N) is 2. The van der Waals surface area contributed by atoms with E-state index in [0.29, 0.717) is 36.2 Å². The van der Waals surface area contributed by atoms with Crippen LogP contribution < -0.4 is 31.5 Å². The van der Waals surface area contributed by atoms with Crippen molar-refractivity contribution >= 4 is 11.5 Å². The number of nitrogens with two attached hydrogens (primary N) is 1. The van der Waals surface area contributed by atoms with Crippen LogP contribution in [-0.2, 0) is 4.74 Å². The maximum Gasteiger partial charge on any atom is 0.351 e. The van der Waals surface area contributed by atoms with Crippen molar-refractivity contribution in [1.82, 2.24) is 14.9 Å². The number of hydrogen-bond acceptors (Lipinski definition) is 11. The average Bonchev–Trinajstić information content (AvgIpc) is 3.03. The van der Waals surface area contributed by atoms with Gasteiger partial charge in [0.2, 0.25) is 0 Å². The highest BCUT2D eigenvalue weighted by atomic mass is 16.6. The van der Waals surface area contributed by atoms with Crippen LogP contribution in [0.1, 0.15) is 6.23 Å². The zero-order valence-corrected chi connectivity index (χ0v) is 16.4. The summed E-state index contributed by atoms with van der Waals surface area (Å²) < 4.78 is 18.0. The Labute approximate surface area is 176 Å². The van der Waals surface area contributed by atoms with E-state index < -0.39 is 36.8 Å². The summed E-state index contributed by atoms with van der Waals surface area (Å²) in [5, 5.41) is 35.3. The molecule has 31 heavy (non-hydrogen) atoms. The highest BCUT2D eigenvalue weighted by Crippen LogP contribution is 2.45. The molecular weight excluding hydrogens is 410 g/mol. The van der Waals surface area contributed by atoms with E-state index in [9.17, 15) is 20.1 Å². The summed E-state index contributed by atoms with van der Waals surface area (Å²) in [5.41, 5.74) is 5.22. The van der Waals surface area contributed by atoms with E-state index in [4.69, 9.17) is 19.9 Å². The number of ether oxygens (including phenoxy) is 3. The first-order valence-corrected chi connectivity index (χ1v) is 9.53.